The Morgan fingerprint density at radius 3 is 2.69 bits per heavy atom. The number of hydrogen-bond donors (Lipinski definition) is 1. The molecule has 1 saturated heterocycles. The average Bonchev–Trinajstić information content (AvgIpc) is 3.32. The van der Waals surface area contributed by atoms with Gasteiger partial charge in [-0.25, -0.2) is 0 Å². The number of nitrogens with one attached hydrogen (secondary N) is 1. The number of para-hydroxylation sites is 1. The predicted octanol–water partition coefficient (Wildman–Crippen LogP) is 6.69. The van der Waals surface area contributed by atoms with Gasteiger partial charge in [0.1, 0.15) is 18.1 Å². The molecule has 1 aliphatic heterocycles. The van der Waals surface area contributed by atoms with E-state index in [1.807, 2.05) is 0 Å². The van der Waals surface area contributed by atoms with Gasteiger partial charge in [-0.05, 0) is 70.2 Å². The third-order valence-corrected chi connectivity index (χ3v) is 6.58. The first kappa shape index (κ1) is 22.7. The summed E-state index contributed by atoms with van der Waals surface area (Å²) in [5, 5.41) is 3.11. The zero-order valence-electron chi connectivity index (χ0n) is 16.1. The molecule has 0 spiro atoms. The van der Waals surface area contributed by atoms with Crippen molar-refractivity contribution in [2.45, 2.75) is 0 Å². The summed E-state index contributed by atoms with van der Waals surface area (Å²) in [6.07, 6.45) is 1.46. The normalized spacial score (nSPS) is 15.0. The van der Waals surface area contributed by atoms with Crippen molar-refractivity contribution < 1.29 is 18.8 Å². The number of nitrogens with zero attached hydrogens (tertiary/aromatic N) is 1. The molecule has 0 bridgehead atoms. The molecule has 0 atom stereocenters. The van der Waals surface area contributed by atoms with Gasteiger partial charge in [-0.15, -0.1) is 0 Å². The number of hydrogen-bond acceptors (Lipinski definition) is 5. The van der Waals surface area contributed by atoms with Gasteiger partial charge in [-0.1, -0.05) is 35.3 Å². The quantitative estimate of drug-likeness (QED) is 0.357. The number of carbonyl (C=O) groups is 3. The van der Waals surface area contributed by atoms with Gasteiger partial charge in [-0.2, -0.15) is 0 Å². The molecular formula is C22H13BrCl2N2O4S. The summed E-state index contributed by atoms with van der Waals surface area (Å²) < 4.78 is 6.45. The molecule has 1 fully saturated rings. The van der Waals surface area contributed by atoms with E-state index in [-0.39, 0.29) is 4.91 Å². The highest BCUT2D eigenvalue weighted by molar-refractivity contribution is 9.10. The first-order valence-corrected chi connectivity index (χ1v) is 11.5. The van der Waals surface area contributed by atoms with Crippen LogP contribution in [0.2, 0.25) is 10.0 Å². The fourth-order valence-electron chi connectivity index (χ4n) is 2.92. The summed E-state index contributed by atoms with van der Waals surface area (Å²) in [6.45, 7) is -0.398. The van der Waals surface area contributed by atoms with Crippen molar-refractivity contribution in [3.05, 3.63) is 79.8 Å². The molecule has 1 N–H and O–H groups in total. The lowest BCUT2D eigenvalue weighted by Gasteiger charge is -2.13. The number of thioether (sulfide) groups is 1. The van der Waals surface area contributed by atoms with E-state index in [0.717, 1.165) is 16.7 Å². The number of anilines is 1. The molecule has 2 heterocycles. The first-order chi connectivity index (χ1) is 15.3. The second-order valence-electron chi connectivity index (χ2n) is 6.62. The first-order valence-electron chi connectivity index (χ1n) is 9.17. The van der Waals surface area contributed by atoms with Crippen LogP contribution in [0.5, 0.6) is 0 Å². The molecule has 2 aromatic carbocycles. The zero-order valence-corrected chi connectivity index (χ0v) is 20.0. The summed E-state index contributed by atoms with van der Waals surface area (Å²) in [7, 11) is 0. The van der Waals surface area contributed by atoms with Crippen LogP contribution in [-0.2, 0) is 9.59 Å². The van der Waals surface area contributed by atoms with Crippen LogP contribution in [0.3, 0.4) is 0 Å². The molecule has 162 valence electrons. The van der Waals surface area contributed by atoms with Crippen molar-refractivity contribution in [2.24, 2.45) is 0 Å². The highest BCUT2D eigenvalue weighted by Crippen LogP contribution is 2.35. The van der Waals surface area contributed by atoms with E-state index >= 15 is 0 Å². The van der Waals surface area contributed by atoms with Gasteiger partial charge in [0.25, 0.3) is 11.1 Å². The fraction of sp³-hybridized carbons (Fsp3) is 0.0455. The Morgan fingerprint density at radius 1 is 1.12 bits per heavy atom. The Morgan fingerprint density at radius 2 is 1.91 bits per heavy atom. The Labute approximate surface area is 205 Å². The van der Waals surface area contributed by atoms with Gasteiger partial charge in [-0.3, -0.25) is 19.3 Å². The summed E-state index contributed by atoms with van der Waals surface area (Å²) in [5.41, 5.74) is 1.15. The van der Waals surface area contributed by atoms with E-state index < -0.39 is 23.6 Å². The molecule has 1 aliphatic rings. The predicted molar refractivity (Wildman–Crippen MR) is 130 cm³/mol. The molecule has 3 aromatic rings. The summed E-state index contributed by atoms with van der Waals surface area (Å²) in [5.74, 6) is -0.229. The van der Waals surface area contributed by atoms with Crippen LogP contribution in [0.25, 0.3) is 17.4 Å². The smallest absolute Gasteiger partial charge is 0.294 e. The number of imide groups is 1. The van der Waals surface area contributed by atoms with Crippen molar-refractivity contribution in [3.8, 4) is 11.3 Å². The Kier molecular flexibility index (Phi) is 6.76. The highest BCUT2D eigenvalue weighted by atomic mass is 79.9. The number of furan rings is 1. The molecule has 0 aliphatic carbocycles. The van der Waals surface area contributed by atoms with Crippen molar-refractivity contribution in [2.75, 3.05) is 11.9 Å². The number of benzene rings is 2. The second-order valence-corrected chi connectivity index (χ2v) is 9.31. The highest BCUT2D eigenvalue weighted by Gasteiger charge is 2.36. The molecule has 10 heteroatoms. The Bertz CT molecular complexity index is 1270. The number of amides is 3. The maximum Gasteiger partial charge on any atom is 0.294 e. The van der Waals surface area contributed by atoms with Gasteiger partial charge in [0.05, 0.1) is 15.6 Å². The maximum absolute atomic E-state index is 12.7. The van der Waals surface area contributed by atoms with E-state index in [9.17, 15) is 14.4 Å². The summed E-state index contributed by atoms with van der Waals surface area (Å²) in [6, 6.07) is 15.4. The van der Waals surface area contributed by atoms with Crippen LogP contribution in [0.4, 0.5) is 10.5 Å². The maximum atomic E-state index is 12.7. The third kappa shape index (κ3) is 4.94. The van der Waals surface area contributed by atoms with Gasteiger partial charge in [0, 0.05) is 21.1 Å². The minimum atomic E-state index is -0.569. The lowest BCUT2D eigenvalue weighted by molar-refractivity contribution is -0.127. The van der Waals surface area contributed by atoms with E-state index in [4.69, 9.17) is 27.6 Å². The van der Waals surface area contributed by atoms with Crippen molar-refractivity contribution in [1.82, 2.24) is 4.90 Å². The van der Waals surface area contributed by atoms with Crippen LogP contribution in [0.15, 0.2) is 68.4 Å². The topological polar surface area (TPSA) is 79.6 Å². The SMILES string of the molecule is O=C(CN1C(=O)S/C(=C/c2ccc(-c3cc(Cl)ccc3Cl)o2)C1=O)Nc1ccccc1Br. The summed E-state index contributed by atoms with van der Waals surface area (Å²) >= 11 is 16.3. The number of carbonyl (C=O) groups excluding carboxylic acids is 3. The number of halogens is 3. The third-order valence-electron chi connectivity index (χ3n) is 4.42. The molecule has 3 amide bonds. The van der Waals surface area contributed by atoms with E-state index in [0.29, 0.717) is 37.3 Å². The Balaban J connectivity index is 1.48. The van der Waals surface area contributed by atoms with Gasteiger partial charge in [0.2, 0.25) is 5.91 Å². The largest absolute Gasteiger partial charge is 0.457 e. The minimum Gasteiger partial charge on any atom is -0.457 e. The van der Waals surface area contributed by atoms with Crippen LogP contribution in [0, 0.1) is 0 Å². The molecule has 0 unspecified atom stereocenters. The van der Waals surface area contributed by atoms with Gasteiger partial charge < -0.3 is 9.73 Å². The summed E-state index contributed by atoms with van der Waals surface area (Å²) in [4.78, 5) is 38.4. The van der Waals surface area contributed by atoms with Crippen LogP contribution >= 0.6 is 50.9 Å². The van der Waals surface area contributed by atoms with Crippen LogP contribution in [-0.4, -0.2) is 28.5 Å². The van der Waals surface area contributed by atoms with Crippen LogP contribution in [0.1, 0.15) is 5.76 Å². The molecule has 6 nitrogen and oxygen atoms in total. The molecule has 4 rings (SSSR count). The Hall–Kier alpha value is -2.52. The second kappa shape index (κ2) is 9.54. The van der Waals surface area contributed by atoms with Crippen molar-refractivity contribution in [3.63, 3.8) is 0 Å². The monoisotopic (exact) mass is 550 g/mol. The van der Waals surface area contributed by atoms with E-state index in [1.54, 1.807) is 54.6 Å². The van der Waals surface area contributed by atoms with E-state index in [2.05, 4.69) is 21.2 Å². The molecule has 32 heavy (non-hydrogen) atoms. The fourth-order valence-corrected chi connectivity index (χ4v) is 4.51. The van der Waals surface area contributed by atoms with E-state index in [1.165, 1.54) is 6.08 Å². The van der Waals surface area contributed by atoms with Gasteiger partial charge in [0.15, 0.2) is 0 Å². The molecule has 0 saturated carbocycles. The van der Waals surface area contributed by atoms with Crippen molar-refractivity contribution in [1.29, 1.82) is 0 Å². The molecule has 1 aromatic heterocycles. The zero-order chi connectivity index (χ0) is 22.8. The van der Waals surface area contributed by atoms with Crippen LogP contribution < -0.4 is 5.32 Å². The molecule has 0 radical (unpaired) electrons. The van der Waals surface area contributed by atoms with Crippen molar-refractivity contribution >= 4 is 79.7 Å². The lowest BCUT2D eigenvalue weighted by atomic mass is 10.2. The standard InChI is InChI=1S/C22H13BrCl2N2O4S/c23-15-3-1-2-4-17(15)26-20(28)11-27-21(29)19(32-22(27)30)10-13-6-8-18(31-13)14-9-12(24)5-7-16(14)25/h1-10H,11H2,(H,26,28)/b19-10+. The number of rotatable bonds is 5. The van der Waals surface area contributed by atoms with Gasteiger partial charge >= 0.3 is 0 Å². The lowest BCUT2D eigenvalue weighted by Crippen LogP contribution is -2.36. The average molecular weight is 552 g/mol. The minimum absolute atomic E-state index is 0.154. The molecular weight excluding hydrogens is 539 g/mol.